The molecule has 0 spiro atoms. The number of allylic oxidation sites excluding steroid dienone is 4. The van der Waals surface area contributed by atoms with Crippen LogP contribution in [-0.2, 0) is 16.1 Å². The number of benzene rings is 2. The molecule has 0 bridgehead atoms. The quantitative estimate of drug-likeness (QED) is 0.289. The Morgan fingerprint density at radius 3 is 2.50 bits per heavy atom. The molecule has 0 N–H and O–H groups in total. The standard InChI is InChI=1S/C26H24N2O4/c1-17(2)19-8-14-22(15-9-19)25-27-24(28-32-25)21-12-10-20(11-13-21)23(29)26(30)31-16-18-6-4-3-5-7-18/h3-14,17,22H,15-16H2,1-2H3. The number of carbonyl (C=O) groups is 2. The molecule has 6 heteroatoms. The summed E-state index contributed by atoms with van der Waals surface area (Å²) in [5.74, 6) is -0.0401. The molecule has 1 atom stereocenters. The molecule has 1 aliphatic carbocycles. The van der Waals surface area contributed by atoms with E-state index in [1.807, 2.05) is 30.3 Å². The first-order valence-corrected chi connectivity index (χ1v) is 10.6. The van der Waals surface area contributed by atoms with Crippen molar-refractivity contribution in [2.45, 2.75) is 32.8 Å². The minimum Gasteiger partial charge on any atom is -0.455 e. The van der Waals surface area contributed by atoms with Crippen LogP contribution >= 0.6 is 0 Å². The van der Waals surface area contributed by atoms with Crippen LogP contribution in [0.25, 0.3) is 11.4 Å². The molecule has 162 valence electrons. The van der Waals surface area contributed by atoms with Gasteiger partial charge < -0.3 is 9.26 Å². The Balaban J connectivity index is 1.38. The Kier molecular flexibility index (Phi) is 6.40. The van der Waals surface area contributed by atoms with Gasteiger partial charge in [0.1, 0.15) is 6.61 Å². The minimum absolute atomic E-state index is 0.0542. The maximum absolute atomic E-state index is 12.4. The van der Waals surface area contributed by atoms with Crippen molar-refractivity contribution in [3.05, 3.63) is 95.4 Å². The van der Waals surface area contributed by atoms with Crippen LogP contribution in [0.15, 0.2) is 82.9 Å². The van der Waals surface area contributed by atoms with Crippen molar-refractivity contribution in [3.8, 4) is 11.4 Å². The number of hydrogen-bond donors (Lipinski definition) is 0. The monoisotopic (exact) mass is 428 g/mol. The van der Waals surface area contributed by atoms with Gasteiger partial charge in [0, 0.05) is 11.1 Å². The minimum atomic E-state index is -0.888. The second-order valence-corrected chi connectivity index (χ2v) is 7.98. The highest BCUT2D eigenvalue weighted by atomic mass is 16.5. The van der Waals surface area contributed by atoms with Crippen molar-refractivity contribution in [3.63, 3.8) is 0 Å². The van der Waals surface area contributed by atoms with Gasteiger partial charge in [0.05, 0.1) is 5.92 Å². The van der Waals surface area contributed by atoms with E-state index >= 15 is 0 Å². The fraction of sp³-hybridized carbons (Fsp3) is 0.231. The lowest BCUT2D eigenvalue weighted by Crippen LogP contribution is -2.17. The summed E-state index contributed by atoms with van der Waals surface area (Å²) in [6, 6.07) is 15.7. The van der Waals surface area contributed by atoms with E-state index in [2.05, 4.69) is 42.2 Å². The van der Waals surface area contributed by atoms with Crippen molar-refractivity contribution >= 4 is 11.8 Å². The van der Waals surface area contributed by atoms with Crippen molar-refractivity contribution in [2.75, 3.05) is 0 Å². The second kappa shape index (κ2) is 9.56. The van der Waals surface area contributed by atoms with Crippen LogP contribution < -0.4 is 0 Å². The average molecular weight is 428 g/mol. The normalized spacial score (nSPS) is 15.5. The lowest BCUT2D eigenvalue weighted by Gasteiger charge is -2.14. The van der Waals surface area contributed by atoms with Crippen molar-refractivity contribution in [1.29, 1.82) is 0 Å². The number of nitrogens with zero attached hydrogens (tertiary/aromatic N) is 2. The van der Waals surface area contributed by atoms with E-state index < -0.39 is 11.8 Å². The smallest absolute Gasteiger partial charge is 0.380 e. The van der Waals surface area contributed by atoms with Crippen molar-refractivity contribution in [2.24, 2.45) is 5.92 Å². The van der Waals surface area contributed by atoms with E-state index in [0.717, 1.165) is 12.0 Å². The van der Waals surface area contributed by atoms with Gasteiger partial charge in [0.25, 0.3) is 5.78 Å². The highest BCUT2D eigenvalue weighted by Gasteiger charge is 2.21. The number of rotatable bonds is 7. The summed E-state index contributed by atoms with van der Waals surface area (Å²) in [4.78, 5) is 29.0. The molecule has 0 saturated heterocycles. The van der Waals surface area contributed by atoms with E-state index in [1.54, 1.807) is 24.3 Å². The summed E-state index contributed by atoms with van der Waals surface area (Å²) in [5, 5.41) is 4.07. The molecular weight excluding hydrogens is 404 g/mol. The molecule has 6 nitrogen and oxygen atoms in total. The fourth-order valence-electron chi connectivity index (χ4n) is 3.43. The second-order valence-electron chi connectivity index (χ2n) is 7.98. The SMILES string of the molecule is CC(C)C1=CCC(c2nc(-c3ccc(C(=O)C(=O)OCc4ccccc4)cc3)no2)C=C1. The Morgan fingerprint density at radius 2 is 1.84 bits per heavy atom. The molecule has 0 radical (unpaired) electrons. The number of carbonyl (C=O) groups excluding carboxylic acids is 2. The first-order valence-electron chi connectivity index (χ1n) is 10.6. The number of ether oxygens (including phenoxy) is 1. The molecule has 4 rings (SSSR count). The van der Waals surface area contributed by atoms with E-state index in [9.17, 15) is 9.59 Å². The summed E-state index contributed by atoms with van der Waals surface area (Å²) in [7, 11) is 0. The molecule has 1 heterocycles. The van der Waals surface area contributed by atoms with Crippen LogP contribution in [0.1, 0.15) is 48.0 Å². The molecular formula is C26H24N2O4. The van der Waals surface area contributed by atoms with E-state index in [1.165, 1.54) is 5.57 Å². The maximum Gasteiger partial charge on any atom is 0.380 e. The third-order valence-corrected chi connectivity index (χ3v) is 5.36. The summed E-state index contributed by atoms with van der Waals surface area (Å²) >= 11 is 0. The predicted octanol–water partition coefficient (Wildman–Crippen LogP) is 5.29. The Morgan fingerprint density at radius 1 is 1.09 bits per heavy atom. The molecule has 2 aromatic carbocycles. The fourth-order valence-corrected chi connectivity index (χ4v) is 3.43. The van der Waals surface area contributed by atoms with E-state index in [-0.39, 0.29) is 18.1 Å². The largest absolute Gasteiger partial charge is 0.455 e. The zero-order valence-electron chi connectivity index (χ0n) is 18.0. The maximum atomic E-state index is 12.4. The van der Waals surface area contributed by atoms with E-state index in [4.69, 9.17) is 9.26 Å². The van der Waals surface area contributed by atoms with Crippen LogP contribution in [0.4, 0.5) is 0 Å². The summed E-state index contributed by atoms with van der Waals surface area (Å²) < 4.78 is 10.6. The average Bonchev–Trinajstić information content (AvgIpc) is 3.33. The summed E-state index contributed by atoms with van der Waals surface area (Å²) in [5.41, 5.74) is 3.08. The van der Waals surface area contributed by atoms with Crippen LogP contribution in [-0.4, -0.2) is 21.9 Å². The van der Waals surface area contributed by atoms with Crippen LogP contribution in [0.3, 0.4) is 0 Å². The van der Waals surface area contributed by atoms with Crippen LogP contribution in [0, 0.1) is 5.92 Å². The third kappa shape index (κ3) is 4.91. The Hall–Kier alpha value is -3.80. The van der Waals surface area contributed by atoms with Crippen LogP contribution in [0.2, 0.25) is 0 Å². The van der Waals surface area contributed by atoms with Crippen LogP contribution in [0.5, 0.6) is 0 Å². The number of ketones is 1. The first kappa shape index (κ1) is 21.4. The zero-order valence-corrected chi connectivity index (χ0v) is 18.0. The van der Waals surface area contributed by atoms with Gasteiger partial charge in [-0.05, 0) is 23.5 Å². The van der Waals surface area contributed by atoms with Gasteiger partial charge in [-0.3, -0.25) is 4.79 Å². The lowest BCUT2D eigenvalue weighted by atomic mass is 9.91. The van der Waals surface area contributed by atoms with Gasteiger partial charge in [0.2, 0.25) is 11.7 Å². The van der Waals surface area contributed by atoms with Gasteiger partial charge in [-0.15, -0.1) is 0 Å². The number of aromatic nitrogens is 2. The molecule has 32 heavy (non-hydrogen) atoms. The molecule has 0 amide bonds. The van der Waals surface area contributed by atoms with Gasteiger partial charge >= 0.3 is 5.97 Å². The Labute approximate surface area is 186 Å². The summed E-state index contributed by atoms with van der Waals surface area (Å²) in [6.45, 7) is 4.38. The van der Waals surface area contributed by atoms with Crippen molar-refractivity contribution in [1.82, 2.24) is 10.1 Å². The number of esters is 1. The predicted molar refractivity (Wildman–Crippen MR) is 120 cm³/mol. The highest BCUT2D eigenvalue weighted by Crippen LogP contribution is 2.29. The zero-order chi connectivity index (χ0) is 22.5. The number of Topliss-reactive ketones (excluding diaryl/α,β-unsaturated/α-hetero) is 1. The van der Waals surface area contributed by atoms with Crippen molar-refractivity contribution < 1.29 is 18.8 Å². The highest BCUT2D eigenvalue weighted by molar-refractivity contribution is 6.40. The molecule has 0 aliphatic heterocycles. The molecule has 3 aromatic rings. The molecule has 0 fully saturated rings. The third-order valence-electron chi connectivity index (χ3n) is 5.36. The summed E-state index contributed by atoms with van der Waals surface area (Å²) in [6.07, 6.45) is 7.23. The molecule has 1 unspecified atom stereocenters. The lowest BCUT2D eigenvalue weighted by molar-refractivity contribution is -0.139. The molecule has 0 saturated carbocycles. The van der Waals surface area contributed by atoms with Gasteiger partial charge in [-0.2, -0.15) is 4.98 Å². The molecule has 1 aliphatic rings. The number of hydrogen-bond acceptors (Lipinski definition) is 6. The first-order chi connectivity index (χ1) is 15.5. The molecule has 1 aromatic heterocycles. The van der Waals surface area contributed by atoms with Gasteiger partial charge in [0.15, 0.2) is 0 Å². The topological polar surface area (TPSA) is 82.3 Å². The Bertz CT molecular complexity index is 1160. The van der Waals surface area contributed by atoms with Gasteiger partial charge in [-0.1, -0.05) is 91.8 Å². The van der Waals surface area contributed by atoms with E-state index in [0.29, 0.717) is 23.2 Å². The van der Waals surface area contributed by atoms with Gasteiger partial charge in [-0.25, -0.2) is 4.79 Å².